The van der Waals surface area contributed by atoms with Crippen molar-refractivity contribution in [3.05, 3.63) is 30.1 Å². The first-order chi connectivity index (χ1) is 13.1. The maximum atomic E-state index is 12.5. The molecule has 4 heterocycles. The van der Waals surface area contributed by atoms with E-state index in [1.54, 1.807) is 12.4 Å². The Morgan fingerprint density at radius 3 is 2.74 bits per heavy atom. The number of carbonyl (C=O) groups excluding carboxylic acids is 2. The van der Waals surface area contributed by atoms with Crippen molar-refractivity contribution in [1.29, 1.82) is 0 Å². The fraction of sp³-hybridized carbons (Fsp3) is 0.667. The Morgan fingerprint density at radius 1 is 1.26 bits per heavy atom. The van der Waals surface area contributed by atoms with Gasteiger partial charge in [0.2, 0.25) is 11.8 Å². The number of hydrogen-bond acceptors (Lipinski definition) is 4. The molecule has 3 saturated heterocycles. The molecule has 0 aromatic carbocycles. The lowest BCUT2D eigenvalue weighted by Crippen LogP contribution is -2.44. The Labute approximate surface area is 160 Å². The van der Waals surface area contributed by atoms with E-state index in [0.29, 0.717) is 12.8 Å². The summed E-state index contributed by atoms with van der Waals surface area (Å²) in [6.07, 6.45) is 9.73. The summed E-state index contributed by atoms with van der Waals surface area (Å²) in [5.74, 6) is 0.491. The van der Waals surface area contributed by atoms with Gasteiger partial charge >= 0.3 is 0 Å². The first-order valence-electron chi connectivity index (χ1n) is 10.2. The predicted molar refractivity (Wildman–Crippen MR) is 101 cm³/mol. The van der Waals surface area contributed by atoms with Crippen molar-refractivity contribution in [2.75, 3.05) is 32.8 Å². The highest BCUT2D eigenvalue weighted by Crippen LogP contribution is 2.41. The highest BCUT2D eigenvalue weighted by atomic mass is 16.5. The van der Waals surface area contributed by atoms with Crippen LogP contribution in [0.4, 0.5) is 0 Å². The van der Waals surface area contributed by atoms with Crippen molar-refractivity contribution in [3.63, 3.8) is 0 Å². The molecule has 3 aliphatic rings. The molecule has 0 aliphatic carbocycles. The molecule has 0 unspecified atom stereocenters. The van der Waals surface area contributed by atoms with Crippen molar-refractivity contribution in [1.82, 2.24) is 14.8 Å². The molecule has 0 N–H and O–H groups in total. The van der Waals surface area contributed by atoms with E-state index in [0.717, 1.165) is 70.5 Å². The Bertz CT molecular complexity index is 665. The van der Waals surface area contributed by atoms with E-state index in [-0.39, 0.29) is 23.3 Å². The van der Waals surface area contributed by atoms with Crippen LogP contribution < -0.4 is 0 Å². The molecule has 146 valence electrons. The van der Waals surface area contributed by atoms with Crippen LogP contribution in [-0.2, 0) is 20.7 Å². The van der Waals surface area contributed by atoms with Crippen LogP contribution in [0.3, 0.4) is 0 Å². The molecule has 3 fully saturated rings. The number of ether oxygens (including phenoxy) is 1. The van der Waals surface area contributed by atoms with Crippen molar-refractivity contribution < 1.29 is 14.3 Å². The van der Waals surface area contributed by atoms with Crippen LogP contribution in [0.25, 0.3) is 0 Å². The summed E-state index contributed by atoms with van der Waals surface area (Å²) in [6, 6.07) is 3.93. The van der Waals surface area contributed by atoms with Crippen LogP contribution in [-0.4, -0.2) is 65.5 Å². The molecule has 0 radical (unpaired) electrons. The average molecular weight is 371 g/mol. The van der Waals surface area contributed by atoms with Crippen LogP contribution in [0.15, 0.2) is 24.5 Å². The standard InChI is InChI=1S/C21H29N3O3/c25-19(4-3-17-5-9-22-10-6-17)23-11-7-21(8-12-23)14-20(26)24(16-21)15-18-2-1-13-27-18/h5-6,9-10,18H,1-4,7-8,11-16H2/t18-/m1/s1. The first kappa shape index (κ1) is 18.4. The van der Waals surface area contributed by atoms with E-state index < -0.39 is 0 Å². The van der Waals surface area contributed by atoms with Crippen molar-refractivity contribution in [3.8, 4) is 0 Å². The summed E-state index contributed by atoms with van der Waals surface area (Å²) in [6.45, 7) is 3.96. The molecule has 6 heteroatoms. The molecule has 3 aliphatic heterocycles. The maximum Gasteiger partial charge on any atom is 0.223 e. The third-order valence-electron chi connectivity index (χ3n) is 6.41. The summed E-state index contributed by atoms with van der Waals surface area (Å²) in [5, 5.41) is 0. The summed E-state index contributed by atoms with van der Waals surface area (Å²) in [4.78, 5) is 33.1. The van der Waals surface area contributed by atoms with Gasteiger partial charge in [-0.2, -0.15) is 0 Å². The third kappa shape index (κ3) is 4.32. The Balaban J connectivity index is 1.25. The molecular formula is C21H29N3O3. The molecule has 1 spiro atoms. The molecule has 0 bridgehead atoms. The molecule has 1 atom stereocenters. The van der Waals surface area contributed by atoms with Crippen LogP contribution in [0.2, 0.25) is 0 Å². The maximum absolute atomic E-state index is 12.5. The fourth-order valence-electron chi connectivity index (χ4n) is 4.71. The minimum atomic E-state index is 0.0670. The van der Waals surface area contributed by atoms with Gasteiger partial charge in [-0.25, -0.2) is 0 Å². The van der Waals surface area contributed by atoms with Gasteiger partial charge < -0.3 is 14.5 Å². The number of amides is 2. The second-order valence-corrected chi connectivity index (χ2v) is 8.32. The molecule has 1 aromatic heterocycles. The number of pyridine rings is 1. The van der Waals surface area contributed by atoms with Gasteiger partial charge in [0.05, 0.1) is 6.10 Å². The third-order valence-corrected chi connectivity index (χ3v) is 6.41. The molecule has 4 rings (SSSR count). The lowest BCUT2D eigenvalue weighted by Gasteiger charge is -2.39. The molecule has 27 heavy (non-hydrogen) atoms. The Kier molecular flexibility index (Phi) is 5.43. The van der Waals surface area contributed by atoms with Gasteiger partial charge in [0.25, 0.3) is 0 Å². The quantitative estimate of drug-likeness (QED) is 0.795. The van der Waals surface area contributed by atoms with Gasteiger partial charge in [-0.3, -0.25) is 14.6 Å². The second-order valence-electron chi connectivity index (χ2n) is 8.32. The van der Waals surface area contributed by atoms with Crippen LogP contribution >= 0.6 is 0 Å². The molecule has 2 amide bonds. The lowest BCUT2D eigenvalue weighted by atomic mass is 9.77. The van der Waals surface area contributed by atoms with Gasteiger partial charge in [-0.1, -0.05) is 0 Å². The zero-order chi connectivity index (χ0) is 18.7. The summed E-state index contributed by atoms with van der Waals surface area (Å²) in [7, 11) is 0. The van der Waals surface area contributed by atoms with E-state index in [9.17, 15) is 9.59 Å². The zero-order valence-electron chi connectivity index (χ0n) is 15.9. The number of aryl methyl sites for hydroxylation is 1. The summed E-state index contributed by atoms with van der Waals surface area (Å²) in [5.41, 5.74) is 1.22. The van der Waals surface area contributed by atoms with E-state index in [2.05, 4.69) is 4.98 Å². The van der Waals surface area contributed by atoms with E-state index in [4.69, 9.17) is 4.74 Å². The summed E-state index contributed by atoms with van der Waals surface area (Å²) < 4.78 is 5.70. The van der Waals surface area contributed by atoms with Crippen LogP contribution in [0.1, 0.15) is 44.1 Å². The minimum absolute atomic E-state index is 0.0670. The summed E-state index contributed by atoms with van der Waals surface area (Å²) >= 11 is 0. The number of carbonyl (C=O) groups is 2. The van der Waals surface area contributed by atoms with Gasteiger partial charge in [-0.05, 0) is 49.8 Å². The lowest BCUT2D eigenvalue weighted by molar-refractivity contribution is -0.133. The fourth-order valence-corrected chi connectivity index (χ4v) is 4.71. The number of likely N-dealkylation sites (tertiary alicyclic amines) is 2. The number of rotatable bonds is 5. The van der Waals surface area contributed by atoms with Crippen molar-refractivity contribution >= 4 is 11.8 Å². The van der Waals surface area contributed by atoms with Crippen LogP contribution in [0.5, 0.6) is 0 Å². The number of hydrogen-bond donors (Lipinski definition) is 0. The minimum Gasteiger partial charge on any atom is -0.376 e. The largest absolute Gasteiger partial charge is 0.376 e. The van der Waals surface area contributed by atoms with E-state index in [1.165, 1.54) is 0 Å². The van der Waals surface area contributed by atoms with Crippen LogP contribution in [0, 0.1) is 5.41 Å². The van der Waals surface area contributed by atoms with E-state index in [1.807, 2.05) is 21.9 Å². The molecular weight excluding hydrogens is 342 g/mol. The SMILES string of the molecule is O=C(CCc1ccncc1)N1CCC2(CC1)CC(=O)N(C[C@H]1CCCO1)C2. The van der Waals surface area contributed by atoms with E-state index >= 15 is 0 Å². The van der Waals surface area contributed by atoms with Gasteiger partial charge in [0.15, 0.2) is 0 Å². The Morgan fingerprint density at radius 2 is 2.04 bits per heavy atom. The first-order valence-corrected chi connectivity index (χ1v) is 10.2. The normalized spacial score (nSPS) is 24.7. The highest BCUT2D eigenvalue weighted by molar-refractivity contribution is 5.80. The highest BCUT2D eigenvalue weighted by Gasteiger charge is 2.45. The topological polar surface area (TPSA) is 62.7 Å². The molecule has 1 aromatic rings. The molecule has 6 nitrogen and oxygen atoms in total. The van der Waals surface area contributed by atoms with Gasteiger partial charge in [0.1, 0.15) is 0 Å². The Hall–Kier alpha value is -1.95. The van der Waals surface area contributed by atoms with Gasteiger partial charge in [0, 0.05) is 63.4 Å². The zero-order valence-corrected chi connectivity index (χ0v) is 15.9. The average Bonchev–Trinajstić information content (AvgIpc) is 3.30. The number of aromatic nitrogens is 1. The van der Waals surface area contributed by atoms with Gasteiger partial charge in [-0.15, -0.1) is 0 Å². The number of nitrogens with zero attached hydrogens (tertiary/aromatic N) is 3. The molecule has 0 saturated carbocycles. The predicted octanol–water partition coefficient (Wildman–Crippen LogP) is 2.03. The van der Waals surface area contributed by atoms with Crippen molar-refractivity contribution in [2.24, 2.45) is 5.41 Å². The second kappa shape index (κ2) is 7.97. The smallest absolute Gasteiger partial charge is 0.223 e. The monoisotopic (exact) mass is 371 g/mol. The van der Waals surface area contributed by atoms with Crippen molar-refractivity contribution in [2.45, 2.75) is 51.0 Å². The number of piperidine rings is 1.